The molecule has 0 aliphatic rings. The van der Waals surface area contributed by atoms with Crippen LogP contribution in [0.4, 0.5) is 17.3 Å². The molecule has 5 nitrogen and oxygen atoms in total. The molecule has 26 heavy (non-hydrogen) atoms. The number of aromatic nitrogens is 2. The fourth-order valence-corrected chi connectivity index (χ4v) is 2.66. The van der Waals surface area contributed by atoms with E-state index in [0.29, 0.717) is 27.2 Å². The van der Waals surface area contributed by atoms with Crippen LogP contribution in [0.5, 0.6) is 0 Å². The van der Waals surface area contributed by atoms with Gasteiger partial charge in [0.2, 0.25) is 5.95 Å². The quantitative estimate of drug-likeness (QED) is 0.620. The molecule has 2 N–H and O–H groups in total. The molecule has 1 heterocycles. The largest absolute Gasteiger partial charge is 0.324 e. The van der Waals surface area contributed by atoms with Crippen molar-refractivity contribution in [2.75, 3.05) is 10.6 Å². The van der Waals surface area contributed by atoms with E-state index in [2.05, 4.69) is 27.5 Å². The highest BCUT2D eigenvalue weighted by atomic mass is 35.5. The Kier molecular flexibility index (Phi) is 5.71. The standard InChI is InChI=1S/C19H16Cl2N4O/c1-2-12-5-3-4-6-17(12)25-19-22-10-13(11-23-19)18(26)24-14-7-8-15(20)16(21)9-14/h3-11H,2H2,1H3,(H,24,26)(H,22,23,25). The van der Waals surface area contributed by atoms with Crippen molar-refractivity contribution in [3.8, 4) is 0 Å². The number of benzene rings is 2. The molecule has 0 radical (unpaired) electrons. The van der Waals surface area contributed by atoms with Gasteiger partial charge in [0.1, 0.15) is 0 Å². The van der Waals surface area contributed by atoms with E-state index < -0.39 is 0 Å². The first-order valence-corrected chi connectivity index (χ1v) is 8.76. The van der Waals surface area contributed by atoms with Gasteiger partial charge in [-0.05, 0) is 36.2 Å². The van der Waals surface area contributed by atoms with Crippen LogP contribution in [-0.2, 0) is 6.42 Å². The van der Waals surface area contributed by atoms with E-state index in [-0.39, 0.29) is 5.91 Å². The van der Waals surface area contributed by atoms with Crippen LogP contribution in [-0.4, -0.2) is 15.9 Å². The number of rotatable bonds is 5. The summed E-state index contributed by atoms with van der Waals surface area (Å²) in [5.41, 5.74) is 2.99. The van der Waals surface area contributed by atoms with Crippen molar-refractivity contribution < 1.29 is 4.79 Å². The predicted molar refractivity (Wildman–Crippen MR) is 106 cm³/mol. The van der Waals surface area contributed by atoms with Crippen LogP contribution in [0.3, 0.4) is 0 Å². The maximum atomic E-state index is 12.3. The lowest BCUT2D eigenvalue weighted by atomic mass is 10.1. The van der Waals surface area contributed by atoms with Crippen molar-refractivity contribution in [2.24, 2.45) is 0 Å². The van der Waals surface area contributed by atoms with Crippen LogP contribution in [0.2, 0.25) is 10.0 Å². The molecule has 7 heteroatoms. The number of carbonyl (C=O) groups is 1. The molecule has 0 unspecified atom stereocenters. The third-order valence-electron chi connectivity index (χ3n) is 3.74. The van der Waals surface area contributed by atoms with Gasteiger partial charge >= 0.3 is 0 Å². The lowest BCUT2D eigenvalue weighted by Crippen LogP contribution is -2.13. The molecule has 1 aromatic heterocycles. The number of nitrogens with one attached hydrogen (secondary N) is 2. The van der Waals surface area contributed by atoms with Crippen LogP contribution in [0.25, 0.3) is 0 Å². The van der Waals surface area contributed by atoms with Gasteiger partial charge < -0.3 is 10.6 Å². The van der Waals surface area contributed by atoms with Gasteiger partial charge in [0.25, 0.3) is 5.91 Å². The van der Waals surface area contributed by atoms with Gasteiger partial charge in [-0.2, -0.15) is 0 Å². The van der Waals surface area contributed by atoms with E-state index >= 15 is 0 Å². The summed E-state index contributed by atoms with van der Waals surface area (Å²) in [5.74, 6) is 0.0980. The van der Waals surface area contributed by atoms with E-state index in [1.165, 1.54) is 12.4 Å². The summed E-state index contributed by atoms with van der Waals surface area (Å²) in [6.45, 7) is 2.08. The number of aryl methyl sites for hydroxylation is 1. The molecule has 1 amide bonds. The van der Waals surface area contributed by atoms with Gasteiger partial charge in [0.15, 0.2) is 0 Å². The number of amides is 1. The smallest absolute Gasteiger partial charge is 0.258 e. The Labute approximate surface area is 161 Å². The Hall–Kier alpha value is -2.63. The monoisotopic (exact) mass is 386 g/mol. The molecule has 132 valence electrons. The van der Waals surface area contributed by atoms with Gasteiger partial charge in [-0.1, -0.05) is 48.3 Å². The fourth-order valence-electron chi connectivity index (χ4n) is 2.36. The zero-order chi connectivity index (χ0) is 18.5. The number of hydrogen-bond donors (Lipinski definition) is 2. The summed E-state index contributed by atoms with van der Waals surface area (Å²) in [6.07, 6.45) is 3.83. The van der Waals surface area contributed by atoms with E-state index in [4.69, 9.17) is 23.2 Å². The minimum Gasteiger partial charge on any atom is -0.324 e. The number of para-hydroxylation sites is 1. The third-order valence-corrected chi connectivity index (χ3v) is 4.48. The van der Waals surface area contributed by atoms with Gasteiger partial charge in [-0.25, -0.2) is 9.97 Å². The van der Waals surface area contributed by atoms with Crippen molar-refractivity contribution in [3.63, 3.8) is 0 Å². The Morgan fingerprint density at radius 3 is 2.46 bits per heavy atom. The van der Waals surface area contributed by atoms with Gasteiger partial charge in [0, 0.05) is 23.8 Å². The average molecular weight is 387 g/mol. The number of hydrogen-bond acceptors (Lipinski definition) is 4. The second kappa shape index (κ2) is 8.17. The van der Waals surface area contributed by atoms with E-state index in [1.54, 1.807) is 18.2 Å². The summed E-state index contributed by atoms with van der Waals surface area (Å²) in [4.78, 5) is 20.7. The predicted octanol–water partition coefficient (Wildman–Crippen LogP) is 5.34. The van der Waals surface area contributed by atoms with Crippen molar-refractivity contribution in [2.45, 2.75) is 13.3 Å². The highest BCUT2D eigenvalue weighted by molar-refractivity contribution is 6.42. The summed E-state index contributed by atoms with van der Waals surface area (Å²) in [5, 5.41) is 6.70. The van der Waals surface area contributed by atoms with Gasteiger partial charge in [-0.3, -0.25) is 4.79 Å². The van der Waals surface area contributed by atoms with Crippen LogP contribution in [0.1, 0.15) is 22.8 Å². The zero-order valence-electron chi connectivity index (χ0n) is 14.0. The molecule has 0 saturated heterocycles. The van der Waals surface area contributed by atoms with E-state index in [9.17, 15) is 4.79 Å². The van der Waals surface area contributed by atoms with Crippen molar-refractivity contribution in [1.29, 1.82) is 0 Å². The lowest BCUT2D eigenvalue weighted by Gasteiger charge is -2.10. The van der Waals surface area contributed by atoms with Crippen LogP contribution in [0, 0.1) is 0 Å². The van der Waals surface area contributed by atoms with Crippen molar-refractivity contribution in [1.82, 2.24) is 9.97 Å². The maximum Gasteiger partial charge on any atom is 0.258 e. The molecule has 0 aliphatic heterocycles. The van der Waals surface area contributed by atoms with Crippen LogP contribution >= 0.6 is 23.2 Å². The topological polar surface area (TPSA) is 66.9 Å². The minimum atomic E-state index is -0.330. The average Bonchev–Trinajstić information content (AvgIpc) is 2.66. The van der Waals surface area contributed by atoms with Crippen LogP contribution in [0.15, 0.2) is 54.9 Å². The zero-order valence-corrected chi connectivity index (χ0v) is 15.5. The Bertz CT molecular complexity index is 929. The number of carbonyl (C=O) groups excluding carboxylic acids is 1. The molecule has 0 bridgehead atoms. The molecule has 0 fully saturated rings. The number of nitrogens with zero attached hydrogens (tertiary/aromatic N) is 2. The summed E-state index contributed by atoms with van der Waals surface area (Å²) < 4.78 is 0. The fraction of sp³-hybridized carbons (Fsp3) is 0.105. The minimum absolute atomic E-state index is 0.330. The number of anilines is 3. The Morgan fingerprint density at radius 2 is 1.77 bits per heavy atom. The lowest BCUT2D eigenvalue weighted by molar-refractivity contribution is 0.102. The molecular weight excluding hydrogens is 371 g/mol. The first kappa shape index (κ1) is 18.2. The molecule has 0 saturated carbocycles. The molecular formula is C19H16Cl2N4O. The normalized spacial score (nSPS) is 10.4. The van der Waals surface area contributed by atoms with Crippen molar-refractivity contribution >= 4 is 46.4 Å². The Balaban J connectivity index is 1.70. The number of halogens is 2. The van der Waals surface area contributed by atoms with Crippen molar-refractivity contribution in [3.05, 3.63) is 76.0 Å². The summed E-state index contributed by atoms with van der Waals surface area (Å²) >= 11 is 11.8. The first-order chi connectivity index (χ1) is 12.6. The second-order valence-corrected chi connectivity index (χ2v) is 6.33. The van der Waals surface area contributed by atoms with Crippen LogP contribution < -0.4 is 10.6 Å². The summed E-state index contributed by atoms with van der Waals surface area (Å²) in [7, 11) is 0. The molecule has 3 aromatic rings. The Morgan fingerprint density at radius 1 is 1.04 bits per heavy atom. The molecule has 0 spiro atoms. The van der Waals surface area contributed by atoms with E-state index in [1.807, 2.05) is 24.3 Å². The second-order valence-electron chi connectivity index (χ2n) is 5.51. The molecule has 0 atom stereocenters. The molecule has 0 aliphatic carbocycles. The molecule has 3 rings (SSSR count). The highest BCUT2D eigenvalue weighted by Crippen LogP contribution is 2.25. The first-order valence-electron chi connectivity index (χ1n) is 8.00. The highest BCUT2D eigenvalue weighted by Gasteiger charge is 2.09. The maximum absolute atomic E-state index is 12.3. The molecule has 2 aromatic carbocycles. The van der Waals surface area contributed by atoms with Gasteiger partial charge in [-0.15, -0.1) is 0 Å². The van der Waals surface area contributed by atoms with Gasteiger partial charge in [0.05, 0.1) is 15.6 Å². The van der Waals surface area contributed by atoms with E-state index in [0.717, 1.165) is 17.7 Å². The third kappa shape index (κ3) is 4.31. The summed E-state index contributed by atoms with van der Waals surface area (Å²) in [6, 6.07) is 12.8. The SMILES string of the molecule is CCc1ccccc1Nc1ncc(C(=O)Nc2ccc(Cl)c(Cl)c2)cn1.